The molecule has 2 aromatic rings. The van der Waals surface area contributed by atoms with Gasteiger partial charge in [-0.1, -0.05) is 30.3 Å². The standard InChI is InChI=1S/C20H20O4/c21-14-23-18-10-6-15(7-11-18)16-8-12-19(13-9-16)24-20(22)17-4-2-1-3-5-17/h1-5,8-9,12-15,18H,6-7,10-11H2. The highest BCUT2D eigenvalue weighted by Crippen LogP contribution is 2.34. The van der Waals surface area contributed by atoms with Crippen molar-refractivity contribution in [2.45, 2.75) is 37.7 Å². The number of hydrogen-bond acceptors (Lipinski definition) is 4. The summed E-state index contributed by atoms with van der Waals surface area (Å²) in [6.07, 6.45) is 3.86. The molecule has 0 atom stereocenters. The number of carbonyl (C=O) groups excluding carboxylic acids is 2. The Morgan fingerprint density at radius 3 is 2.21 bits per heavy atom. The normalized spacial score (nSPS) is 20.2. The summed E-state index contributed by atoms with van der Waals surface area (Å²) < 4.78 is 10.4. The molecule has 24 heavy (non-hydrogen) atoms. The first-order valence-corrected chi connectivity index (χ1v) is 8.22. The summed E-state index contributed by atoms with van der Waals surface area (Å²) >= 11 is 0. The Hall–Kier alpha value is -2.62. The predicted molar refractivity (Wildman–Crippen MR) is 90.0 cm³/mol. The van der Waals surface area contributed by atoms with Gasteiger partial charge in [-0.2, -0.15) is 0 Å². The SMILES string of the molecule is O=COC1CCC(c2ccc(OC(=O)c3ccccc3)cc2)CC1. The zero-order chi connectivity index (χ0) is 16.8. The molecule has 0 radical (unpaired) electrons. The van der Waals surface area contributed by atoms with Crippen molar-refractivity contribution in [2.24, 2.45) is 0 Å². The lowest BCUT2D eigenvalue weighted by atomic mass is 9.83. The van der Waals surface area contributed by atoms with E-state index in [0.29, 0.717) is 23.7 Å². The van der Waals surface area contributed by atoms with Gasteiger partial charge in [-0.15, -0.1) is 0 Å². The minimum Gasteiger partial charge on any atom is -0.465 e. The predicted octanol–water partition coefficient (Wildman–Crippen LogP) is 4.11. The fourth-order valence-electron chi connectivity index (χ4n) is 3.16. The van der Waals surface area contributed by atoms with Crippen LogP contribution in [0.15, 0.2) is 54.6 Å². The molecule has 3 rings (SSSR count). The van der Waals surface area contributed by atoms with E-state index in [1.54, 1.807) is 12.1 Å². The van der Waals surface area contributed by atoms with Gasteiger partial charge in [-0.25, -0.2) is 4.79 Å². The van der Waals surface area contributed by atoms with Gasteiger partial charge in [0.2, 0.25) is 0 Å². The highest BCUT2D eigenvalue weighted by Gasteiger charge is 2.23. The first-order valence-electron chi connectivity index (χ1n) is 8.22. The van der Waals surface area contributed by atoms with Crippen molar-refractivity contribution in [3.05, 3.63) is 65.7 Å². The highest BCUT2D eigenvalue weighted by atomic mass is 16.5. The van der Waals surface area contributed by atoms with Gasteiger partial charge in [0.05, 0.1) is 5.56 Å². The van der Waals surface area contributed by atoms with Crippen molar-refractivity contribution < 1.29 is 19.1 Å². The van der Waals surface area contributed by atoms with Gasteiger partial charge in [0.15, 0.2) is 0 Å². The molecule has 0 spiro atoms. The average molecular weight is 324 g/mol. The fraction of sp³-hybridized carbons (Fsp3) is 0.300. The summed E-state index contributed by atoms with van der Waals surface area (Å²) in [5.74, 6) is 0.663. The number of benzene rings is 2. The molecular weight excluding hydrogens is 304 g/mol. The van der Waals surface area contributed by atoms with Crippen LogP contribution in [0.2, 0.25) is 0 Å². The molecule has 4 nitrogen and oxygen atoms in total. The second-order valence-electron chi connectivity index (χ2n) is 6.03. The molecule has 0 heterocycles. The summed E-state index contributed by atoms with van der Waals surface area (Å²) in [5, 5.41) is 0. The smallest absolute Gasteiger partial charge is 0.343 e. The minimum absolute atomic E-state index is 0.0600. The van der Waals surface area contributed by atoms with Gasteiger partial charge in [-0.05, 0) is 61.4 Å². The van der Waals surface area contributed by atoms with E-state index in [-0.39, 0.29) is 12.1 Å². The topological polar surface area (TPSA) is 52.6 Å². The first kappa shape index (κ1) is 16.2. The second-order valence-corrected chi connectivity index (χ2v) is 6.03. The van der Waals surface area contributed by atoms with Crippen LogP contribution in [-0.4, -0.2) is 18.5 Å². The van der Waals surface area contributed by atoms with Gasteiger partial charge in [0.25, 0.3) is 6.47 Å². The summed E-state index contributed by atoms with van der Waals surface area (Å²) in [5.41, 5.74) is 1.77. The second kappa shape index (κ2) is 7.77. The summed E-state index contributed by atoms with van der Waals surface area (Å²) in [6.45, 7) is 0.543. The van der Waals surface area contributed by atoms with E-state index in [2.05, 4.69) is 0 Å². The summed E-state index contributed by atoms with van der Waals surface area (Å²) in [4.78, 5) is 22.4. The summed E-state index contributed by atoms with van der Waals surface area (Å²) in [7, 11) is 0. The molecular formula is C20H20O4. The molecule has 0 saturated heterocycles. The zero-order valence-electron chi connectivity index (χ0n) is 13.4. The maximum Gasteiger partial charge on any atom is 0.343 e. The Morgan fingerprint density at radius 2 is 1.58 bits per heavy atom. The monoisotopic (exact) mass is 324 g/mol. The van der Waals surface area contributed by atoms with E-state index in [0.717, 1.165) is 25.7 Å². The largest absolute Gasteiger partial charge is 0.465 e. The molecule has 0 unspecified atom stereocenters. The maximum atomic E-state index is 12.0. The van der Waals surface area contributed by atoms with Crippen molar-refractivity contribution in [2.75, 3.05) is 0 Å². The van der Waals surface area contributed by atoms with Crippen molar-refractivity contribution in [3.63, 3.8) is 0 Å². The number of ether oxygens (including phenoxy) is 2. The number of esters is 1. The third-order valence-electron chi connectivity index (χ3n) is 4.49. The van der Waals surface area contributed by atoms with Crippen LogP contribution in [0.4, 0.5) is 0 Å². The Bertz CT molecular complexity index is 671. The van der Waals surface area contributed by atoms with E-state index in [1.807, 2.05) is 42.5 Å². The molecule has 1 fully saturated rings. The molecule has 0 aromatic heterocycles. The molecule has 2 aromatic carbocycles. The van der Waals surface area contributed by atoms with Crippen LogP contribution in [0, 0.1) is 0 Å². The van der Waals surface area contributed by atoms with Gasteiger partial charge >= 0.3 is 5.97 Å². The van der Waals surface area contributed by atoms with Crippen LogP contribution in [0.3, 0.4) is 0 Å². The molecule has 1 aliphatic carbocycles. The zero-order valence-corrected chi connectivity index (χ0v) is 13.4. The number of rotatable bonds is 5. The third-order valence-corrected chi connectivity index (χ3v) is 4.49. The number of hydrogen-bond donors (Lipinski definition) is 0. The van der Waals surface area contributed by atoms with Crippen LogP contribution >= 0.6 is 0 Å². The van der Waals surface area contributed by atoms with E-state index >= 15 is 0 Å². The van der Waals surface area contributed by atoms with E-state index in [1.165, 1.54) is 5.56 Å². The lowest BCUT2D eigenvalue weighted by Gasteiger charge is -2.27. The van der Waals surface area contributed by atoms with Crippen LogP contribution in [0.5, 0.6) is 5.75 Å². The molecule has 1 saturated carbocycles. The summed E-state index contributed by atoms with van der Waals surface area (Å²) in [6, 6.07) is 16.6. The highest BCUT2D eigenvalue weighted by molar-refractivity contribution is 5.90. The molecule has 124 valence electrons. The molecule has 4 heteroatoms. The third kappa shape index (κ3) is 4.02. The van der Waals surface area contributed by atoms with Gasteiger partial charge < -0.3 is 9.47 Å². The Morgan fingerprint density at radius 1 is 0.917 bits per heavy atom. The van der Waals surface area contributed by atoms with Crippen LogP contribution < -0.4 is 4.74 Å². The quantitative estimate of drug-likeness (QED) is 0.472. The molecule has 1 aliphatic rings. The Labute approximate surface area is 141 Å². The van der Waals surface area contributed by atoms with Gasteiger partial charge in [0, 0.05) is 0 Å². The molecule has 0 bridgehead atoms. The van der Waals surface area contributed by atoms with Crippen LogP contribution in [0.1, 0.15) is 47.5 Å². The van der Waals surface area contributed by atoms with Crippen molar-refractivity contribution in [1.82, 2.24) is 0 Å². The number of carbonyl (C=O) groups is 2. The Kier molecular flexibility index (Phi) is 5.26. The molecule has 0 amide bonds. The first-order chi connectivity index (χ1) is 11.8. The van der Waals surface area contributed by atoms with Crippen molar-refractivity contribution >= 4 is 12.4 Å². The molecule has 0 N–H and O–H groups in total. The van der Waals surface area contributed by atoms with E-state index in [9.17, 15) is 9.59 Å². The Balaban J connectivity index is 1.58. The fourth-order valence-corrected chi connectivity index (χ4v) is 3.16. The van der Waals surface area contributed by atoms with E-state index < -0.39 is 0 Å². The van der Waals surface area contributed by atoms with Crippen molar-refractivity contribution in [3.8, 4) is 5.75 Å². The minimum atomic E-state index is -0.352. The van der Waals surface area contributed by atoms with Crippen LogP contribution in [0.25, 0.3) is 0 Å². The average Bonchev–Trinajstić information content (AvgIpc) is 2.64. The lowest BCUT2D eigenvalue weighted by Crippen LogP contribution is -2.20. The van der Waals surface area contributed by atoms with Gasteiger partial charge in [-0.3, -0.25) is 4.79 Å². The maximum absolute atomic E-state index is 12.0. The lowest BCUT2D eigenvalue weighted by molar-refractivity contribution is -0.135. The molecule has 0 aliphatic heterocycles. The van der Waals surface area contributed by atoms with Crippen LogP contribution in [-0.2, 0) is 9.53 Å². The van der Waals surface area contributed by atoms with E-state index in [4.69, 9.17) is 9.47 Å². The van der Waals surface area contributed by atoms with Gasteiger partial charge in [0.1, 0.15) is 11.9 Å². The van der Waals surface area contributed by atoms with Crippen molar-refractivity contribution in [1.29, 1.82) is 0 Å².